The quantitative estimate of drug-likeness (QED) is 0.242. The molecule has 5 aromatic rings. The molecule has 3 aromatic heterocycles. The van der Waals surface area contributed by atoms with Crippen LogP contribution in [0.15, 0.2) is 53.6 Å². The number of carbonyl (C=O) groups is 2. The highest BCUT2D eigenvalue weighted by molar-refractivity contribution is 6.33. The molecule has 2 amide bonds. The summed E-state index contributed by atoms with van der Waals surface area (Å²) in [6.45, 7) is 4.55. The number of fused-ring (bicyclic) bond motifs is 2. The molecule has 0 bridgehead atoms. The third-order valence-corrected chi connectivity index (χ3v) is 9.56. The van der Waals surface area contributed by atoms with E-state index in [1.165, 1.54) is 15.7 Å². The van der Waals surface area contributed by atoms with Gasteiger partial charge in [-0.1, -0.05) is 18.5 Å². The lowest BCUT2D eigenvalue weighted by molar-refractivity contribution is -0.137. The van der Waals surface area contributed by atoms with Crippen LogP contribution in [-0.2, 0) is 30.4 Å². The van der Waals surface area contributed by atoms with Gasteiger partial charge in [-0.3, -0.25) is 14.4 Å². The molecule has 52 heavy (non-hydrogen) atoms. The average molecular weight is 737 g/mol. The molecule has 2 aliphatic rings. The molecule has 17 heteroatoms. The van der Waals surface area contributed by atoms with Crippen molar-refractivity contribution in [3.8, 4) is 22.8 Å². The van der Waals surface area contributed by atoms with Crippen molar-refractivity contribution in [1.29, 1.82) is 0 Å². The van der Waals surface area contributed by atoms with Gasteiger partial charge in [0.05, 0.1) is 34.3 Å². The number of ether oxygens (including phenoxy) is 1. The highest BCUT2D eigenvalue weighted by Gasteiger charge is 2.32. The van der Waals surface area contributed by atoms with E-state index in [1.807, 2.05) is 30.0 Å². The number of hydrogen-bond acceptors (Lipinski definition) is 9. The highest BCUT2D eigenvalue weighted by Crippen LogP contribution is 2.35. The molecule has 0 saturated carbocycles. The minimum absolute atomic E-state index is 0.00438. The fraction of sp³-hybridized carbons (Fsp3) is 0.314. The van der Waals surface area contributed by atoms with Crippen molar-refractivity contribution in [3.05, 3.63) is 92.4 Å². The molecule has 1 fully saturated rings. The number of amides is 2. The first-order chi connectivity index (χ1) is 24.8. The molecule has 5 heterocycles. The largest absolute Gasteiger partial charge is 0.504 e. The number of piperazine rings is 1. The van der Waals surface area contributed by atoms with Crippen molar-refractivity contribution >= 4 is 40.4 Å². The lowest BCUT2D eigenvalue weighted by Crippen LogP contribution is -2.51. The van der Waals surface area contributed by atoms with E-state index >= 15 is 0 Å². The SMILES string of the molecule is CCc1c(N2CCN(C(=O)c3ncnc(C)c3O)CC2)c(=O)n2nc(-c3ccc4c(c3)CCO4)cc2n1CC(=O)Nc1ccc(C(F)(F)F)cc1Cl. The predicted molar refractivity (Wildman–Crippen MR) is 185 cm³/mol. The number of rotatable bonds is 7. The molecule has 0 radical (unpaired) electrons. The fourth-order valence-corrected chi connectivity index (χ4v) is 6.80. The number of aromatic hydroxyl groups is 1. The van der Waals surface area contributed by atoms with Crippen LogP contribution in [0.3, 0.4) is 0 Å². The van der Waals surface area contributed by atoms with Crippen molar-refractivity contribution in [3.63, 3.8) is 0 Å². The summed E-state index contributed by atoms with van der Waals surface area (Å²) < 4.78 is 48.3. The number of nitrogens with zero attached hydrogens (tertiary/aromatic N) is 7. The summed E-state index contributed by atoms with van der Waals surface area (Å²) in [5, 5.41) is 17.4. The second kappa shape index (κ2) is 13.5. The molecule has 270 valence electrons. The van der Waals surface area contributed by atoms with Gasteiger partial charge in [0.25, 0.3) is 11.5 Å². The number of nitrogens with one attached hydrogen (secondary N) is 1. The first-order valence-corrected chi connectivity index (χ1v) is 16.8. The van der Waals surface area contributed by atoms with Crippen LogP contribution in [0, 0.1) is 6.92 Å². The van der Waals surface area contributed by atoms with Crippen LogP contribution in [-0.4, -0.2) is 78.8 Å². The Morgan fingerprint density at radius 2 is 1.83 bits per heavy atom. The van der Waals surface area contributed by atoms with Gasteiger partial charge in [0.1, 0.15) is 30.0 Å². The van der Waals surface area contributed by atoms with Crippen molar-refractivity contribution in [1.82, 2.24) is 29.0 Å². The molecule has 13 nitrogen and oxygen atoms in total. The smallest absolute Gasteiger partial charge is 0.416 e. The Labute approximate surface area is 299 Å². The first-order valence-electron chi connectivity index (χ1n) is 16.5. The van der Waals surface area contributed by atoms with E-state index in [1.54, 1.807) is 17.6 Å². The maximum Gasteiger partial charge on any atom is 0.416 e. The number of anilines is 2. The maximum absolute atomic E-state index is 14.3. The third-order valence-electron chi connectivity index (χ3n) is 9.24. The topological polar surface area (TPSA) is 147 Å². The molecule has 0 unspecified atom stereocenters. The molecule has 2 aromatic carbocycles. The second-order valence-corrected chi connectivity index (χ2v) is 12.8. The number of benzene rings is 2. The number of hydrogen-bond donors (Lipinski definition) is 2. The van der Waals surface area contributed by atoms with E-state index in [4.69, 9.17) is 16.3 Å². The van der Waals surface area contributed by atoms with Crippen LogP contribution in [0.4, 0.5) is 24.5 Å². The predicted octanol–water partition coefficient (Wildman–Crippen LogP) is 4.74. The Bertz CT molecular complexity index is 2300. The Morgan fingerprint density at radius 3 is 2.54 bits per heavy atom. The summed E-state index contributed by atoms with van der Waals surface area (Å²) in [6, 6.07) is 10.0. The van der Waals surface area contributed by atoms with Crippen molar-refractivity contribution in [2.24, 2.45) is 0 Å². The zero-order chi connectivity index (χ0) is 36.9. The minimum Gasteiger partial charge on any atom is -0.504 e. The van der Waals surface area contributed by atoms with Gasteiger partial charge in [0.2, 0.25) is 5.91 Å². The van der Waals surface area contributed by atoms with E-state index < -0.39 is 29.1 Å². The lowest BCUT2D eigenvalue weighted by atomic mass is 10.1. The fourth-order valence-electron chi connectivity index (χ4n) is 6.57. The van der Waals surface area contributed by atoms with Gasteiger partial charge in [0.15, 0.2) is 11.4 Å². The van der Waals surface area contributed by atoms with Gasteiger partial charge in [0, 0.05) is 49.9 Å². The summed E-state index contributed by atoms with van der Waals surface area (Å²) in [6.07, 6.45) is -2.36. The molecule has 0 aliphatic carbocycles. The summed E-state index contributed by atoms with van der Waals surface area (Å²) in [4.78, 5) is 52.4. The van der Waals surface area contributed by atoms with Crippen LogP contribution >= 0.6 is 11.6 Å². The number of carbonyl (C=O) groups excluding carboxylic acids is 2. The van der Waals surface area contributed by atoms with Crippen LogP contribution in [0.1, 0.15) is 39.9 Å². The number of alkyl halides is 3. The minimum atomic E-state index is -4.61. The molecular formula is C35H32ClF3N8O5. The summed E-state index contributed by atoms with van der Waals surface area (Å²) in [5.41, 5.74) is 2.16. The average Bonchev–Trinajstić information content (AvgIpc) is 3.79. The van der Waals surface area contributed by atoms with Crippen LogP contribution in [0.25, 0.3) is 16.9 Å². The highest BCUT2D eigenvalue weighted by atomic mass is 35.5. The van der Waals surface area contributed by atoms with Gasteiger partial charge in [-0.2, -0.15) is 22.8 Å². The summed E-state index contributed by atoms with van der Waals surface area (Å²) in [7, 11) is 0. The van der Waals surface area contributed by atoms with Gasteiger partial charge in [-0.15, -0.1) is 0 Å². The summed E-state index contributed by atoms with van der Waals surface area (Å²) >= 11 is 6.14. The van der Waals surface area contributed by atoms with Gasteiger partial charge in [-0.25, -0.2) is 9.97 Å². The van der Waals surface area contributed by atoms with E-state index in [2.05, 4.69) is 20.4 Å². The Kier molecular flexibility index (Phi) is 9.02. The molecular weight excluding hydrogens is 705 g/mol. The molecule has 0 atom stereocenters. The first kappa shape index (κ1) is 34.8. The Hall–Kier alpha value is -5.64. The Balaban J connectivity index is 1.25. The van der Waals surface area contributed by atoms with Crippen LogP contribution < -0.4 is 20.5 Å². The Morgan fingerprint density at radius 1 is 1.06 bits per heavy atom. The van der Waals surface area contributed by atoms with Crippen LogP contribution in [0.5, 0.6) is 11.5 Å². The standard InChI is InChI=1S/C35H32ClF3N8O5/c1-3-26-31(44-9-11-45(12-10-44)33(50)30-32(49)19(2)40-18-41-30)34(51)47-29(16-25(43-47)20-4-7-27-21(14-20)8-13-52-27)46(26)17-28(48)42-24-6-5-22(15-23(24)36)35(37,38)39/h4-7,14-16,18,49H,3,8-13,17H2,1-2H3,(H,42,48). The van der Waals surface area contributed by atoms with Crippen LogP contribution in [0.2, 0.25) is 5.02 Å². The summed E-state index contributed by atoms with van der Waals surface area (Å²) in [5.74, 6) is -0.580. The monoisotopic (exact) mass is 736 g/mol. The van der Waals surface area contributed by atoms with E-state index in [-0.39, 0.29) is 60.6 Å². The van der Waals surface area contributed by atoms with Crippen molar-refractivity contribution < 1.29 is 32.6 Å². The molecule has 2 N–H and O–H groups in total. The zero-order valence-corrected chi connectivity index (χ0v) is 28.8. The van der Waals surface area contributed by atoms with Gasteiger partial charge >= 0.3 is 6.18 Å². The van der Waals surface area contributed by atoms with Crippen molar-refractivity contribution in [2.45, 2.75) is 39.4 Å². The van der Waals surface area contributed by atoms with Crippen molar-refractivity contribution in [2.75, 3.05) is 43.0 Å². The third kappa shape index (κ3) is 6.38. The number of halogens is 4. The zero-order valence-electron chi connectivity index (χ0n) is 28.0. The van der Waals surface area contributed by atoms with E-state index in [9.17, 15) is 32.7 Å². The maximum atomic E-state index is 14.3. The second-order valence-electron chi connectivity index (χ2n) is 12.4. The lowest BCUT2D eigenvalue weighted by Gasteiger charge is -2.36. The van der Waals surface area contributed by atoms with E-state index in [0.29, 0.717) is 35.8 Å². The number of aryl methyl sites for hydroxylation is 1. The van der Waals surface area contributed by atoms with Gasteiger partial charge < -0.3 is 29.5 Å². The normalized spacial score (nSPS) is 14.4. The number of aromatic nitrogens is 5. The molecule has 7 rings (SSSR count). The molecule has 2 aliphatic heterocycles. The van der Waals surface area contributed by atoms with Gasteiger partial charge in [-0.05, 0) is 55.3 Å². The van der Waals surface area contributed by atoms with E-state index in [0.717, 1.165) is 41.5 Å². The molecule has 0 spiro atoms. The molecule has 1 saturated heterocycles.